The first-order valence-electron chi connectivity index (χ1n) is 6.43. The van der Waals surface area contributed by atoms with Crippen LogP contribution in [0.4, 0.5) is 0 Å². The minimum absolute atomic E-state index is 0.0222. The second kappa shape index (κ2) is 6.45. The zero-order valence-electron chi connectivity index (χ0n) is 12.5. The third-order valence-corrected chi connectivity index (χ3v) is 5.54. The second-order valence-electron chi connectivity index (χ2n) is 5.50. The van der Waals surface area contributed by atoms with Crippen molar-refractivity contribution in [1.29, 1.82) is 0 Å². The second-order valence-corrected chi connectivity index (χ2v) is 8.36. The highest BCUT2D eigenvalue weighted by Crippen LogP contribution is 2.23. The van der Waals surface area contributed by atoms with Crippen LogP contribution in [0.3, 0.4) is 0 Å². The first-order valence-corrected chi connectivity index (χ1v) is 8.08. The average Bonchev–Trinajstić information content (AvgIpc) is 2.36. The van der Waals surface area contributed by atoms with E-state index in [-0.39, 0.29) is 12.4 Å². The van der Waals surface area contributed by atoms with E-state index in [2.05, 4.69) is 0 Å². The summed E-state index contributed by atoms with van der Waals surface area (Å²) in [6.07, 6.45) is 0. The van der Waals surface area contributed by atoms with E-state index in [1.807, 2.05) is 6.07 Å². The van der Waals surface area contributed by atoms with E-state index in [9.17, 15) is 8.42 Å². The van der Waals surface area contributed by atoms with Crippen molar-refractivity contribution in [2.45, 2.75) is 32.1 Å². The highest BCUT2D eigenvalue weighted by molar-refractivity contribution is 7.92. The molecule has 0 atom stereocenters. The van der Waals surface area contributed by atoms with Crippen LogP contribution in [-0.4, -0.2) is 32.6 Å². The van der Waals surface area contributed by atoms with Gasteiger partial charge in [0.1, 0.15) is 18.1 Å². The Balaban J connectivity index is 2.72. The molecule has 0 bridgehead atoms. The highest BCUT2D eigenvalue weighted by Gasteiger charge is 2.28. The van der Waals surface area contributed by atoms with Crippen molar-refractivity contribution in [2.75, 3.05) is 19.5 Å². The van der Waals surface area contributed by atoms with Gasteiger partial charge >= 0.3 is 0 Å². The van der Waals surface area contributed by atoms with Crippen molar-refractivity contribution in [1.82, 2.24) is 0 Å². The Morgan fingerprint density at radius 2 is 1.75 bits per heavy atom. The first kappa shape index (κ1) is 16.8. The van der Waals surface area contributed by atoms with Gasteiger partial charge in [-0.05, 0) is 38.5 Å². The zero-order chi connectivity index (χ0) is 15.4. The van der Waals surface area contributed by atoms with Gasteiger partial charge in [-0.3, -0.25) is 0 Å². The van der Waals surface area contributed by atoms with E-state index in [0.717, 1.165) is 5.56 Å². The molecule has 0 spiro atoms. The lowest BCUT2D eigenvalue weighted by molar-refractivity contribution is 0.335. The van der Waals surface area contributed by atoms with Gasteiger partial charge in [0.2, 0.25) is 0 Å². The van der Waals surface area contributed by atoms with Gasteiger partial charge in [-0.2, -0.15) is 0 Å². The lowest BCUT2D eigenvalue weighted by atomic mass is 10.2. The summed E-state index contributed by atoms with van der Waals surface area (Å²) in [5, 5.41) is 0. The molecule has 0 aliphatic heterocycles. The van der Waals surface area contributed by atoms with Gasteiger partial charge in [-0.25, -0.2) is 8.42 Å². The minimum Gasteiger partial charge on any atom is -0.497 e. The molecule has 1 rings (SSSR count). The van der Waals surface area contributed by atoms with E-state index >= 15 is 0 Å². The van der Waals surface area contributed by atoms with Crippen LogP contribution >= 0.6 is 0 Å². The molecule has 2 N–H and O–H groups in total. The van der Waals surface area contributed by atoms with E-state index in [0.29, 0.717) is 18.0 Å². The number of ether oxygens (including phenoxy) is 2. The molecule has 20 heavy (non-hydrogen) atoms. The summed E-state index contributed by atoms with van der Waals surface area (Å²) in [4.78, 5) is 0. The molecule has 1 aromatic rings. The Morgan fingerprint density at radius 3 is 2.25 bits per heavy atom. The molecule has 0 unspecified atom stereocenters. The average molecular weight is 301 g/mol. The minimum atomic E-state index is -3.18. The van der Waals surface area contributed by atoms with Crippen LogP contribution in [-0.2, 0) is 16.4 Å². The fraction of sp³-hybridized carbons (Fsp3) is 0.571. The molecule has 0 saturated carbocycles. The fourth-order valence-electron chi connectivity index (χ4n) is 1.53. The van der Waals surface area contributed by atoms with Crippen LogP contribution in [0.15, 0.2) is 18.2 Å². The van der Waals surface area contributed by atoms with Crippen molar-refractivity contribution < 1.29 is 17.9 Å². The van der Waals surface area contributed by atoms with Gasteiger partial charge in [0.15, 0.2) is 9.84 Å². The van der Waals surface area contributed by atoms with Crippen LogP contribution in [0.1, 0.15) is 26.3 Å². The van der Waals surface area contributed by atoms with Crippen LogP contribution in [0.5, 0.6) is 11.5 Å². The van der Waals surface area contributed by atoms with Crippen LogP contribution in [0, 0.1) is 0 Å². The topological polar surface area (TPSA) is 78.6 Å². The van der Waals surface area contributed by atoms with Gasteiger partial charge in [-0.1, -0.05) is 0 Å². The van der Waals surface area contributed by atoms with Gasteiger partial charge < -0.3 is 15.2 Å². The van der Waals surface area contributed by atoms with Gasteiger partial charge in [-0.15, -0.1) is 0 Å². The number of hydrogen-bond donors (Lipinski definition) is 1. The summed E-state index contributed by atoms with van der Waals surface area (Å²) < 4.78 is 33.8. The van der Waals surface area contributed by atoms with Gasteiger partial charge in [0.05, 0.1) is 17.6 Å². The molecule has 0 aliphatic rings. The predicted octanol–water partition coefficient (Wildman–Crippen LogP) is 1.75. The van der Waals surface area contributed by atoms with Crippen molar-refractivity contribution >= 4 is 9.84 Å². The van der Waals surface area contributed by atoms with Crippen molar-refractivity contribution in [2.24, 2.45) is 5.73 Å². The highest BCUT2D eigenvalue weighted by atomic mass is 32.2. The summed E-state index contributed by atoms with van der Waals surface area (Å²) >= 11 is 0. The molecule has 0 amide bonds. The summed E-state index contributed by atoms with van der Waals surface area (Å²) in [5.74, 6) is 1.18. The van der Waals surface area contributed by atoms with E-state index in [1.54, 1.807) is 40.0 Å². The Morgan fingerprint density at radius 1 is 1.15 bits per heavy atom. The maximum absolute atomic E-state index is 12.0. The Hall–Kier alpha value is -1.27. The maximum Gasteiger partial charge on any atom is 0.158 e. The largest absolute Gasteiger partial charge is 0.497 e. The number of benzene rings is 1. The number of methoxy groups -OCH3 is 1. The zero-order valence-corrected chi connectivity index (χ0v) is 13.3. The molecule has 6 heteroatoms. The quantitative estimate of drug-likeness (QED) is 0.866. The molecule has 0 aliphatic carbocycles. The Kier molecular flexibility index (Phi) is 5.42. The standard InChI is InChI=1S/C14H23NO4S/c1-14(2,3)20(16,17)6-5-19-13-8-11(10-15)7-12(9-13)18-4/h7-9H,5-6,10,15H2,1-4H3. The van der Waals surface area contributed by atoms with Crippen molar-refractivity contribution in [3.63, 3.8) is 0 Å². The smallest absolute Gasteiger partial charge is 0.158 e. The molecule has 0 fully saturated rings. The summed E-state index contributed by atoms with van der Waals surface area (Å²) in [6.45, 7) is 5.52. The molecule has 0 aromatic heterocycles. The number of hydrogen-bond acceptors (Lipinski definition) is 5. The van der Waals surface area contributed by atoms with Crippen molar-refractivity contribution in [3.05, 3.63) is 23.8 Å². The third-order valence-electron chi connectivity index (χ3n) is 2.97. The van der Waals surface area contributed by atoms with E-state index < -0.39 is 14.6 Å². The first-order chi connectivity index (χ1) is 9.19. The van der Waals surface area contributed by atoms with Crippen LogP contribution < -0.4 is 15.2 Å². The summed E-state index contributed by atoms with van der Waals surface area (Å²) in [6, 6.07) is 5.31. The molecule has 0 heterocycles. The lowest BCUT2D eigenvalue weighted by Gasteiger charge is -2.19. The molecule has 0 saturated heterocycles. The number of rotatable bonds is 6. The van der Waals surface area contributed by atoms with E-state index in [1.165, 1.54) is 0 Å². The molecular formula is C14H23NO4S. The monoisotopic (exact) mass is 301 g/mol. The number of nitrogens with two attached hydrogens (primary N) is 1. The third kappa shape index (κ3) is 4.38. The van der Waals surface area contributed by atoms with E-state index in [4.69, 9.17) is 15.2 Å². The number of sulfone groups is 1. The van der Waals surface area contributed by atoms with Crippen LogP contribution in [0.25, 0.3) is 0 Å². The fourth-order valence-corrected chi connectivity index (χ4v) is 2.44. The normalized spacial score (nSPS) is 12.2. The molecule has 0 radical (unpaired) electrons. The Labute approximate surface area is 121 Å². The van der Waals surface area contributed by atoms with Gasteiger partial charge in [0, 0.05) is 12.6 Å². The Bertz CT molecular complexity index is 525. The molecule has 1 aromatic carbocycles. The predicted molar refractivity (Wildman–Crippen MR) is 79.9 cm³/mol. The summed E-state index contributed by atoms with van der Waals surface area (Å²) in [5.41, 5.74) is 6.46. The molecule has 5 nitrogen and oxygen atoms in total. The lowest BCUT2D eigenvalue weighted by Crippen LogP contribution is -2.32. The van der Waals surface area contributed by atoms with Crippen LogP contribution in [0.2, 0.25) is 0 Å². The molecular weight excluding hydrogens is 278 g/mol. The molecule has 114 valence electrons. The van der Waals surface area contributed by atoms with Gasteiger partial charge in [0.25, 0.3) is 0 Å². The SMILES string of the molecule is COc1cc(CN)cc(OCCS(=O)(=O)C(C)(C)C)c1. The summed E-state index contributed by atoms with van der Waals surface area (Å²) in [7, 11) is -1.62. The van der Waals surface area contributed by atoms with Crippen molar-refractivity contribution in [3.8, 4) is 11.5 Å². The maximum atomic E-state index is 12.0.